The maximum Gasteiger partial charge on any atom is 0.259 e. The van der Waals surface area contributed by atoms with E-state index >= 15 is 0 Å². The van der Waals surface area contributed by atoms with E-state index in [2.05, 4.69) is 10.3 Å². The smallest absolute Gasteiger partial charge is 0.259 e. The number of amides is 1. The number of benzene rings is 1. The highest BCUT2D eigenvalue weighted by Crippen LogP contribution is 2.31. The molecule has 1 amide bonds. The second kappa shape index (κ2) is 8.11. The molecule has 1 saturated heterocycles. The summed E-state index contributed by atoms with van der Waals surface area (Å²) in [6.07, 6.45) is 1.92. The van der Waals surface area contributed by atoms with Crippen molar-refractivity contribution in [3.63, 3.8) is 0 Å². The van der Waals surface area contributed by atoms with E-state index < -0.39 is 15.9 Å². The van der Waals surface area contributed by atoms with Gasteiger partial charge >= 0.3 is 0 Å². The lowest BCUT2D eigenvalue weighted by Gasteiger charge is -2.26. The van der Waals surface area contributed by atoms with Gasteiger partial charge in [-0.3, -0.25) is 14.9 Å². The van der Waals surface area contributed by atoms with Gasteiger partial charge in [0.05, 0.1) is 39.3 Å². The molecule has 1 aromatic carbocycles. The molecule has 1 aliphatic carbocycles. The third kappa shape index (κ3) is 4.08. The monoisotopic (exact) mass is 455 g/mol. The van der Waals surface area contributed by atoms with E-state index in [-0.39, 0.29) is 34.4 Å². The predicted molar refractivity (Wildman–Crippen MR) is 108 cm³/mol. The van der Waals surface area contributed by atoms with E-state index in [0.29, 0.717) is 41.8 Å². The van der Waals surface area contributed by atoms with Gasteiger partial charge in [0.15, 0.2) is 10.9 Å². The van der Waals surface area contributed by atoms with Gasteiger partial charge in [0.2, 0.25) is 10.0 Å². The Bertz CT molecular complexity index is 1080. The number of nitrogens with one attached hydrogen (secondary N) is 1. The van der Waals surface area contributed by atoms with Gasteiger partial charge < -0.3 is 4.74 Å². The van der Waals surface area contributed by atoms with Crippen molar-refractivity contribution < 1.29 is 22.7 Å². The van der Waals surface area contributed by atoms with E-state index in [9.17, 15) is 18.0 Å². The summed E-state index contributed by atoms with van der Waals surface area (Å²) in [5, 5.41) is 3.06. The average molecular weight is 456 g/mol. The molecule has 154 valence electrons. The molecule has 1 N–H and O–H groups in total. The second-order valence-corrected chi connectivity index (χ2v) is 10.0. The van der Waals surface area contributed by atoms with Crippen molar-refractivity contribution in [2.24, 2.45) is 0 Å². The van der Waals surface area contributed by atoms with E-state index in [4.69, 9.17) is 16.3 Å². The van der Waals surface area contributed by atoms with Crippen LogP contribution in [-0.4, -0.2) is 55.7 Å². The van der Waals surface area contributed by atoms with Crippen LogP contribution in [0.5, 0.6) is 0 Å². The molecule has 0 spiro atoms. The van der Waals surface area contributed by atoms with E-state index in [0.717, 1.165) is 17.8 Å². The molecule has 1 aromatic heterocycles. The number of ether oxygens (including phenoxy) is 1. The number of ketones is 1. The lowest BCUT2D eigenvalue weighted by atomic mass is 10.0. The first kappa shape index (κ1) is 20.4. The Morgan fingerprint density at radius 3 is 2.72 bits per heavy atom. The minimum atomic E-state index is -3.76. The number of carbonyl (C=O) groups excluding carboxylic acids is 2. The molecule has 0 saturated carbocycles. The Morgan fingerprint density at radius 2 is 2.00 bits per heavy atom. The van der Waals surface area contributed by atoms with E-state index in [1.807, 2.05) is 0 Å². The number of hydrogen-bond donors (Lipinski definition) is 1. The summed E-state index contributed by atoms with van der Waals surface area (Å²) in [5.41, 5.74) is 0.719. The number of sulfonamides is 1. The van der Waals surface area contributed by atoms with Crippen molar-refractivity contribution in [1.29, 1.82) is 0 Å². The predicted octanol–water partition coefficient (Wildman–Crippen LogP) is 2.59. The van der Waals surface area contributed by atoms with Gasteiger partial charge in [-0.2, -0.15) is 4.31 Å². The molecule has 2 heterocycles. The summed E-state index contributed by atoms with van der Waals surface area (Å²) in [7, 11) is -3.76. The van der Waals surface area contributed by atoms with Gasteiger partial charge in [0.25, 0.3) is 5.91 Å². The minimum absolute atomic E-state index is 0.0115. The van der Waals surface area contributed by atoms with Crippen LogP contribution in [0.1, 0.15) is 38.6 Å². The number of morpholine rings is 1. The fraction of sp³-hybridized carbons (Fsp3) is 0.389. The minimum Gasteiger partial charge on any atom is -0.379 e. The number of nitrogens with zero attached hydrogens (tertiary/aromatic N) is 2. The first-order valence-corrected chi connectivity index (χ1v) is 11.7. The summed E-state index contributed by atoms with van der Waals surface area (Å²) in [6, 6.07) is 4.03. The number of hydrogen-bond acceptors (Lipinski definition) is 7. The van der Waals surface area contributed by atoms with Crippen molar-refractivity contribution >= 4 is 49.8 Å². The van der Waals surface area contributed by atoms with Gasteiger partial charge in [-0.1, -0.05) is 22.9 Å². The number of carbonyl (C=O) groups is 2. The number of aryl methyl sites for hydroxylation is 1. The van der Waals surface area contributed by atoms with Crippen LogP contribution in [-0.2, 0) is 21.2 Å². The Labute approximate surface area is 176 Å². The van der Waals surface area contributed by atoms with Crippen LogP contribution >= 0.6 is 22.9 Å². The maximum absolute atomic E-state index is 12.8. The van der Waals surface area contributed by atoms with Gasteiger partial charge in [-0.25, -0.2) is 13.4 Å². The molecule has 11 heteroatoms. The summed E-state index contributed by atoms with van der Waals surface area (Å²) in [5.74, 6) is -0.548. The molecule has 1 fully saturated rings. The summed E-state index contributed by atoms with van der Waals surface area (Å²) in [6.45, 7) is 1.16. The molecule has 2 aromatic rings. The molecule has 8 nitrogen and oxygen atoms in total. The molecule has 0 unspecified atom stereocenters. The topological polar surface area (TPSA) is 106 Å². The van der Waals surface area contributed by atoms with Crippen molar-refractivity contribution in [3.05, 3.63) is 39.4 Å². The maximum atomic E-state index is 12.8. The largest absolute Gasteiger partial charge is 0.379 e. The molecule has 0 radical (unpaired) electrons. The number of Topliss-reactive ketones (excluding diaryl/α,β-unsaturated/α-hetero) is 1. The van der Waals surface area contributed by atoms with Gasteiger partial charge in [-0.15, -0.1) is 0 Å². The average Bonchev–Trinajstić information content (AvgIpc) is 3.12. The van der Waals surface area contributed by atoms with E-state index in [1.165, 1.54) is 22.5 Å². The Hall–Kier alpha value is -1.85. The fourth-order valence-corrected chi connectivity index (χ4v) is 5.87. The fourth-order valence-electron chi connectivity index (χ4n) is 3.26. The summed E-state index contributed by atoms with van der Waals surface area (Å²) in [4.78, 5) is 29.6. The number of rotatable bonds is 4. The molecular formula is C18H18ClN3O5S2. The zero-order chi connectivity index (χ0) is 20.6. The number of anilines is 1. The zero-order valence-electron chi connectivity index (χ0n) is 15.3. The third-order valence-corrected chi connectivity index (χ3v) is 8.06. The second-order valence-electron chi connectivity index (χ2n) is 6.68. The van der Waals surface area contributed by atoms with Gasteiger partial charge in [0.1, 0.15) is 0 Å². The van der Waals surface area contributed by atoms with Crippen LogP contribution < -0.4 is 5.32 Å². The van der Waals surface area contributed by atoms with E-state index in [1.54, 1.807) is 0 Å². The molecular weight excluding hydrogens is 438 g/mol. The molecule has 4 rings (SSSR count). The van der Waals surface area contributed by atoms with Crippen LogP contribution in [0, 0.1) is 0 Å². The molecule has 0 atom stereocenters. The van der Waals surface area contributed by atoms with Crippen molar-refractivity contribution in [3.8, 4) is 0 Å². The van der Waals surface area contributed by atoms with Crippen molar-refractivity contribution in [2.45, 2.75) is 24.2 Å². The highest BCUT2D eigenvalue weighted by Gasteiger charge is 2.28. The van der Waals surface area contributed by atoms with Crippen molar-refractivity contribution in [2.75, 3.05) is 31.6 Å². The highest BCUT2D eigenvalue weighted by molar-refractivity contribution is 7.89. The van der Waals surface area contributed by atoms with Crippen LogP contribution in [0.4, 0.5) is 5.13 Å². The number of thiazole rings is 1. The van der Waals surface area contributed by atoms with Crippen LogP contribution in [0.2, 0.25) is 5.02 Å². The molecule has 2 aliphatic rings. The Kier molecular flexibility index (Phi) is 5.71. The molecule has 1 aliphatic heterocycles. The standard InChI is InChI=1S/C18H18ClN3O5S2/c19-13-5-4-11(29(25,26)22-6-8-27-9-7-22)10-12(13)17(24)21-18-20-14-2-1-3-15(23)16(14)28-18/h4-5,10H,1-3,6-9H2,(H,20,21,24). The Balaban J connectivity index is 1.59. The first-order valence-electron chi connectivity index (χ1n) is 9.08. The molecule has 0 bridgehead atoms. The van der Waals surface area contributed by atoms with Crippen LogP contribution in [0.25, 0.3) is 0 Å². The third-order valence-electron chi connectivity index (χ3n) is 4.78. The quantitative estimate of drug-likeness (QED) is 0.759. The lowest BCUT2D eigenvalue weighted by Crippen LogP contribution is -2.40. The number of fused-ring (bicyclic) bond motifs is 1. The van der Waals surface area contributed by atoms with Gasteiger partial charge in [0, 0.05) is 19.5 Å². The lowest BCUT2D eigenvalue weighted by molar-refractivity contribution is 0.0730. The Morgan fingerprint density at radius 1 is 1.24 bits per heavy atom. The van der Waals surface area contributed by atoms with Crippen LogP contribution in [0.15, 0.2) is 23.1 Å². The summed E-state index contributed by atoms with van der Waals surface area (Å²) >= 11 is 7.29. The SMILES string of the molecule is O=C(Nc1nc2c(s1)C(=O)CCC2)c1cc(S(=O)(=O)N2CCOCC2)ccc1Cl. The zero-order valence-corrected chi connectivity index (χ0v) is 17.7. The summed E-state index contributed by atoms with van der Waals surface area (Å²) < 4.78 is 32.2. The molecule has 29 heavy (non-hydrogen) atoms. The highest BCUT2D eigenvalue weighted by atomic mass is 35.5. The number of aromatic nitrogens is 1. The first-order chi connectivity index (χ1) is 13.9. The van der Waals surface area contributed by atoms with Crippen LogP contribution in [0.3, 0.4) is 0 Å². The van der Waals surface area contributed by atoms with Crippen molar-refractivity contribution in [1.82, 2.24) is 9.29 Å². The normalized spacial score (nSPS) is 17.8. The number of halogens is 1. The van der Waals surface area contributed by atoms with Gasteiger partial charge in [-0.05, 0) is 31.0 Å².